The van der Waals surface area contributed by atoms with Crippen molar-refractivity contribution in [2.45, 2.75) is 6.61 Å². The molecule has 0 unspecified atom stereocenters. The average molecular weight is 322 g/mol. The second-order valence-corrected chi connectivity index (χ2v) is 5.19. The van der Waals surface area contributed by atoms with Gasteiger partial charge in [0.1, 0.15) is 17.5 Å². The third-order valence-electron chi connectivity index (χ3n) is 3.20. The van der Waals surface area contributed by atoms with Crippen LogP contribution in [0.25, 0.3) is 11.4 Å². The van der Waals surface area contributed by atoms with Crippen molar-refractivity contribution in [3.8, 4) is 23.2 Å². The minimum atomic E-state index is 0.354. The Balaban J connectivity index is 1.85. The minimum Gasteiger partial charge on any atom is -0.488 e. The van der Waals surface area contributed by atoms with Crippen LogP contribution >= 0.6 is 11.6 Å². The van der Waals surface area contributed by atoms with E-state index in [4.69, 9.17) is 21.6 Å². The number of aromatic nitrogens is 2. The normalized spacial score (nSPS) is 10.1. The third-order valence-corrected chi connectivity index (χ3v) is 3.41. The molecule has 2 aromatic carbocycles. The summed E-state index contributed by atoms with van der Waals surface area (Å²) in [6.07, 6.45) is 1.61. The van der Waals surface area contributed by atoms with Gasteiger partial charge in [0.05, 0.1) is 17.2 Å². The molecule has 0 aliphatic rings. The summed E-state index contributed by atoms with van der Waals surface area (Å²) in [5.74, 6) is 1.18. The van der Waals surface area contributed by atoms with Gasteiger partial charge < -0.3 is 4.74 Å². The lowest BCUT2D eigenvalue weighted by molar-refractivity contribution is 0.307. The molecule has 0 saturated heterocycles. The number of ether oxygens (including phenoxy) is 1. The van der Waals surface area contributed by atoms with Crippen LogP contribution in [0.2, 0.25) is 5.15 Å². The molecule has 0 atom stereocenters. The first-order valence-corrected chi connectivity index (χ1v) is 7.34. The number of hydrogen-bond donors (Lipinski definition) is 0. The summed E-state index contributed by atoms with van der Waals surface area (Å²) in [5, 5.41) is 9.33. The van der Waals surface area contributed by atoms with E-state index < -0.39 is 0 Å². The number of nitrogens with zero attached hydrogens (tertiary/aromatic N) is 3. The molecule has 4 nitrogen and oxygen atoms in total. The maximum Gasteiger partial charge on any atom is 0.164 e. The highest BCUT2D eigenvalue weighted by atomic mass is 35.5. The van der Waals surface area contributed by atoms with Crippen molar-refractivity contribution in [1.29, 1.82) is 5.26 Å². The maximum atomic E-state index is 8.95. The molecule has 112 valence electrons. The number of nitriles is 1. The first kappa shape index (κ1) is 15.0. The van der Waals surface area contributed by atoms with E-state index in [1.807, 2.05) is 36.4 Å². The summed E-state index contributed by atoms with van der Waals surface area (Å²) >= 11 is 5.93. The molecule has 0 N–H and O–H groups in total. The summed E-state index contributed by atoms with van der Waals surface area (Å²) < 4.78 is 5.88. The number of rotatable bonds is 4. The van der Waals surface area contributed by atoms with Crippen LogP contribution in [0.15, 0.2) is 60.8 Å². The van der Waals surface area contributed by atoms with Gasteiger partial charge in [-0.15, -0.1) is 0 Å². The van der Waals surface area contributed by atoms with E-state index in [1.165, 1.54) is 0 Å². The highest BCUT2D eigenvalue weighted by molar-refractivity contribution is 6.29. The fourth-order valence-electron chi connectivity index (χ4n) is 2.14. The Morgan fingerprint density at radius 2 is 1.96 bits per heavy atom. The molecule has 0 saturated carbocycles. The molecule has 0 bridgehead atoms. The zero-order valence-corrected chi connectivity index (χ0v) is 12.9. The lowest BCUT2D eigenvalue weighted by atomic mass is 10.1. The van der Waals surface area contributed by atoms with Crippen LogP contribution in [0.3, 0.4) is 0 Å². The van der Waals surface area contributed by atoms with Gasteiger partial charge >= 0.3 is 0 Å². The summed E-state index contributed by atoms with van der Waals surface area (Å²) in [6.45, 7) is 0.354. The maximum absolute atomic E-state index is 8.95. The molecule has 1 heterocycles. The Labute approximate surface area is 139 Å². The Bertz CT molecular complexity index is 874. The smallest absolute Gasteiger partial charge is 0.164 e. The second-order valence-electron chi connectivity index (χ2n) is 4.80. The van der Waals surface area contributed by atoms with Crippen LogP contribution in [0.4, 0.5) is 0 Å². The largest absolute Gasteiger partial charge is 0.488 e. The third kappa shape index (κ3) is 3.65. The van der Waals surface area contributed by atoms with E-state index >= 15 is 0 Å². The van der Waals surface area contributed by atoms with Gasteiger partial charge in [-0.1, -0.05) is 35.9 Å². The van der Waals surface area contributed by atoms with Crippen molar-refractivity contribution in [2.75, 3.05) is 0 Å². The quantitative estimate of drug-likeness (QED) is 0.674. The molecule has 0 aliphatic heterocycles. The number of para-hydroxylation sites is 1. The molecule has 3 rings (SSSR count). The molecule has 23 heavy (non-hydrogen) atoms. The Morgan fingerprint density at radius 1 is 1.09 bits per heavy atom. The molecule has 0 radical (unpaired) electrons. The van der Waals surface area contributed by atoms with Crippen LogP contribution in [0.5, 0.6) is 5.75 Å². The van der Waals surface area contributed by atoms with E-state index in [9.17, 15) is 0 Å². The van der Waals surface area contributed by atoms with Gasteiger partial charge in [0.25, 0.3) is 0 Å². The lowest BCUT2D eigenvalue weighted by Gasteiger charge is -2.11. The monoisotopic (exact) mass is 321 g/mol. The lowest BCUT2D eigenvalue weighted by Crippen LogP contribution is -1.98. The molecule has 0 amide bonds. The summed E-state index contributed by atoms with van der Waals surface area (Å²) in [4.78, 5) is 8.45. The molecule has 1 aromatic heterocycles. The summed E-state index contributed by atoms with van der Waals surface area (Å²) in [7, 11) is 0. The van der Waals surface area contributed by atoms with Crippen molar-refractivity contribution in [3.05, 3.63) is 77.1 Å². The minimum absolute atomic E-state index is 0.354. The van der Waals surface area contributed by atoms with Crippen molar-refractivity contribution < 1.29 is 4.74 Å². The highest BCUT2D eigenvalue weighted by Gasteiger charge is 2.09. The Hall–Kier alpha value is -2.90. The first-order chi connectivity index (χ1) is 11.3. The summed E-state index contributed by atoms with van der Waals surface area (Å²) in [6, 6.07) is 18.6. The van der Waals surface area contributed by atoms with Gasteiger partial charge in [0.2, 0.25) is 0 Å². The van der Waals surface area contributed by atoms with Crippen LogP contribution < -0.4 is 4.74 Å². The predicted molar refractivity (Wildman–Crippen MR) is 88.0 cm³/mol. The molecular weight excluding hydrogens is 310 g/mol. The van der Waals surface area contributed by atoms with Gasteiger partial charge in [0, 0.05) is 6.20 Å². The number of hydrogen-bond acceptors (Lipinski definition) is 4. The van der Waals surface area contributed by atoms with Crippen LogP contribution in [0, 0.1) is 11.3 Å². The Morgan fingerprint density at radius 3 is 2.78 bits per heavy atom. The van der Waals surface area contributed by atoms with Crippen molar-refractivity contribution in [3.63, 3.8) is 0 Å². The first-order valence-electron chi connectivity index (χ1n) is 6.96. The van der Waals surface area contributed by atoms with Gasteiger partial charge in [0.15, 0.2) is 5.82 Å². The summed E-state index contributed by atoms with van der Waals surface area (Å²) in [5.41, 5.74) is 2.30. The van der Waals surface area contributed by atoms with Gasteiger partial charge in [-0.25, -0.2) is 9.97 Å². The number of benzene rings is 2. The van der Waals surface area contributed by atoms with Crippen molar-refractivity contribution in [2.24, 2.45) is 0 Å². The van der Waals surface area contributed by atoms with E-state index in [0.717, 1.165) is 11.1 Å². The molecule has 0 fully saturated rings. The van der Waals surface area contributed by atoms with Gasteiger partial charge in [-0.2, -0.15) is 5.26 Å². The van der Waals surface area contributed by atoms with Gasteiger partial charge in [-0.3, -0.25) is 0 Å². The van der Waals surface area contributed by atoms with Crippen molar-refractivity contribution >= 4 is 11.6 Å². The van der Waals surface area contributed by atoms with E-state index in [0.29, 0.717) is 28.9 Å². The van der Waals surface area contributed by atoms with E-state index in [1.54, 1.807) is 24.4 Å². The topological polar surface area (TPSA) is 58.8 Å². The van der Waals surface area contributed by atoms with Crippen molar-refractivity contribution in [1.82, 2.24) is 9.97 Å². The predicted octanol–water partition coefficient (Wildman–Crippen LogP) is 4.25. The van der Waals surface area contributed by atoms with E-state index in [-0.39, 0.29) is 0 Å². The standard InChI is InChI=1S/C18H12ClN3O/c19-17-8-9-21-18(22-17)15-6-1-2-7-16(15)23-12-14-5-3-4-13(10-14)11-20/h1-10H,12H2. The molecule has 5 heteroatoms. The highest BCUT2D eigenvalue weighted by Crippen LogP contribution is 2.28. The molecule has 0 aliphatic carbocycles. The van der Waals surface area contributed by atoms with Crippen LogP contribution in [0.1, 0.15) is 11.1 Å². The van der Waals surface area contributed by atoms with E-state index in [2.05, 4.69) is 16.0 Å². The number of halogens is 1. The fraction of sp³-hybridized carbons (Fsp3) is 0.0556. The van der Waals surface area contributed by atoms with Crippen LogP contribution in [-0.2, 0) is 6.61 Å². The molecule has 0 spiro atoms. The molecular formula is C18H12ClN3O. The second kappa shape index (κ2) is 6.91. The average Bonchev–Trinajstić information content (AvgIpc) is 2.60. The van der Waals surface area contributed by atoms with Gasteiger partial charge in [-0.05, 0) is 35.9 Å². The SMILES string of the molecule is N#Cc1cccc(COc2ccccc2-c2nccc(Cl)n2)c1. The van der Waals surface area contributed by atoms with Crippen LogP contribution in [-0.4, -0.2) is 9.97 Å². The zero-order chi connectivity index (χ0) is 16.1. The Kier molecular flexibility index (Phi) is 4.51. The zero-order valence-electron chi connectivity index (χ0n) is 12.1. The fourth-order valence-corrected chi connectivity index (χ4v) is 2.27. The molecule has 3 aromatic rings.